The number of H-pyrrole nitrogens is 1. The summed E-state index contributed by atoms with van der Waals surface area (Å²) in [4.78, 5) is 0. The van der Waals surface area contributed by atoms with E-state index in [0.717, 1.165) is 0 Å². The Bertz CT molecular complexity index is 114. The number of hydrogen-bond acceptors (Lipinski definition) is 1. The topological polar surface area (TPSA) is 28.7 Å². The van der Waals surface area contributed by atoms with Crippen LogP contribution in [0.2, 0.25) is 0 Å². The van der Waals surface area contributed by atoms with E-state index in [-0.39, 0.29) is 0 Å². The molecular formula is C5H9FN2. The first-order chi connectivity index (χ1) is 3.89. The summed E-state index contributed by atoms with van der Waals surface area (Å²) in [6, 6.07) is 1.25. The summed E-state index contributed by atoms with van der Waals surface area (Å²) >= 11 is 0. The van der Waals surface area contributed by atoms with Crippen molar-refractivity contribution in [1.82, 2.24) is 10.2 Å². The summed E-state index contributed by atoms with van der Waals surface area (Å²) in [6.07, 6.45) is 1.36. The van der Waals surface area contributed by atoms with Crippen LogP contribution in [0.3, 0.4) is 0 Å². The van der Waals surface area contributed by atoms with Crippen molar-refractivity contribution < 1.29 is 4.39 Å². The van der Waals surface area contributed by atoms with Gasteiger partial charge in [-0.05, 0) is 0 Å². The summed E-state index contributed by atoms with van der Waals surface area (Å²) in [5.41, 5.74) is 0. The van der Waals surface area contributed by atoms with E-state index in [1.165, 1.54) is 12.3 Å². The molecule has 1 heterocycles. The number of rotatable bonds is 0. The van der Waals surface area contributed by atoms with Crippen molar-refractivity contribution in [3.8, 4) is 0 Å². The van der Waals surface area contributed by atoms with Crippen LogP contribution < -0.4 is 0 Å². The molecule has 0 radical (unpaired) electrons. The molecule has 0 amide bonds. The molecular weight excluding hydrogens is 107 g/mol. The molecule has 0 bridgehead atoms. The van der Waals surface area contributed by atoms with Crippen LogP contribution in [0.4, 0.5) is 4.39 Å². The zero-order valence-corrected chi connectivity index (χ0v) is 4.98. The van der Waals surface area contributed by atoms with Gasteiger partial charge in [0.1, 0.15) is 0 Å². The maximum absolute atomic E-state index is 11.5. The number of nitrogens with zero attached hydrogens (tertiary/aromatic N) is 1. The van der Waals surface area contributed by atoms with E-state index >= 15 is 0 Å². The Morgan fingerprint density at radius 1 is 1.62 bits per heavy atom. The maximum Gasteiger partial charge on any atom is 0.208 e. The molecule has 1 N–H and O–H groups in total. The van der Waals surface area contributed by atoms with Gasteiger partial charge in [0.15, 0.2) is 0 Å². The predicted octanol–water partition coefficient (Wildman–Crippen LogP) is 1.57. The minimum absolute atomic E-state index is 0.394. The Morgan fingerprint density at radius 2 is 2.25 bits per heavy atom. The van der Waals surface area contributed by atoms with Crippen LogP contribution in [0.25, 0.3) is 0 Å². The van der Waals surface area contributed by atoms with Crippen molar-refractivity contribution in [3.63, 3.8) is 0 Å². The summed E-state index contributed by atoms with van der Waals surface area (Å²) < 4.78 is 11.5. The van der Waals surface area contributed by atoms with Crippen LogP contribution in [0.15, 0.2) is 12.3 Å². The van der Waals surface area contributed by atoms with Crippen molar-refractivity contribution >= 4 is 0 Å². The first-order valence-corrected chi connectivity index (χ1v) is 2.54. The molecule has 1 aromatic rings. The van der Waals surface area contributed by atoms with Crippen LogP contribution in [0.1, 0.15) is 13.8 Å². The second kappa shape index (κ2) is 4.30. The van der Waals surface area contributed by atoms with E-state index in [9.17, 15) is 4.39 Å². The number of nitrogens with one attached hydrogen (secondary N) is 1. The third-order valence-electron chi connectivity index (χ3n) is 0.467. The third kappa shape index (κ3) is 2.34. The Kier molecular flexibility index (Phi) is 3.84. The number of aromatic amines is 1. The average Bonchev–Trinajstić information content (AvgIpc) is 2.24. The van der Waals surface area contributed by atoms with Crippen LogP contribution in [0.5, 0.6) is 0 Å². The molecule has 0 aliphatic carbocycles. The van der Waals surface area contributed by atoms with Gasteiger partial charge >= 0.3 is 0 Å². The summed E-state index contributed by atoms with van der Waals surface area (Å²) in [7, 11) is 0. The lowest BCUT2D eigenvalue weighted by atomic mass is 10.7. The van der Waals surface area contributed by atoms with E-state index in [2.05, 4.69) is 10.2 Å². The molecule has 0 aliphatic heterocycles. The molecule has 0 fully saturated rings. The molecule has 0 saturated heterocycles. The van der Waals surface area contributed by atoms with Gasteiger partial charge in [-0.2, -0.15) is 9.49 Å². The monoisotopic (exact) mass is 116 g/mol. The number of aromatic nitrogens is 2. The van der Waals surface area contributed by atoms with E-state index in [4.69, 9.17) is 0 Å². The van der Waals surface area contributed by atoms with Crippen molar-refractivity contribution in [2.75, 3.05) is 0 Å². The zero-order valence-electron chi connectivity index (χ0n) is 4.98. The lowest BCUT2D eigenvalue weighted by Gasteiger charge is -1.62. The fourth-order valence-corrected chi connectivity index (χ4v) is 0.239. The second-order valence-corrected chi connectivity index (χ2v) is 0.905. The van der Waals surface area contributed by atoms with Crippen LogP contribution in [-0.2, 0) is 0 Å². The lowest BCUT2D eigenvalue weighted by Crippen LogP contribution is -1.66. The van der Waals surface area contributed by atoms with Crippen LogP contribution in [-0.4, -0.2) is 10.2 Å². The highest BCUT2D eigenvalue weighted by molar-refractivity contribution is 4.77. The SMILES string of the molecule is CC.Fc1ccn[nH]1. The van der Waals surface area contributed by atoms with Gasteiger partial charge in [-0.3, -0.25) is 5.10 Å². The molecule has 1 rings (SSSR count). The van der Waals surface area contributed by atoms with Gasteiger partial charge in [0.2, 0.25) is 5.95 Å². The Labute approximate surface area is 47.7 Å². The molecule has 0 atom stereocenters. The summed E-state index contributed by atoms with van der Waals surface area (Å²) in [6.45, 7) is 4.00. The third-order valence-corrected chi connectivity index (χ3v) is 0.467. The van der Waals surface area contributed by atoms with Gasteiger partial charge in [0.25, 0.3) is 0 Å². The Hall–Kier alpha value is -0.860. The Morgan fingerprint density at radius 3 is 2.38 bits per heavy atom. The second-order valence-electron chi connectivity index (χ2n) is 0.905. The predicted molar refractivity (Wildman–Crippen MR) is 29.9 cm³/mol. The van der Waals surface area contributed by atoms with Crippen LogP contribution >= 0.6 is 0 Å². The fraction of sp³-hybridized carbons (Fsp3) is 0.400. The van der Waals surface area contributed by atoms with Crippen molar-refractivity contribution in [1.29, 1.82) is 0 Å². The van der Waals surface area contributed by atoms with Gasteiger partial charge in [0.05, 0.1) is 6.20 Å². The van der Waals surface area contributed by atoms with Crippen LogP contribution in [0, 0.1) is 5.95 Å². The normalized spacial score (nSPS) is 7.38. The van der Waals surface area contributed by atoms with E-state index < -0.39 is 5.95 Å². The van der Waals surface area contributed by atoms with Gasteiger partial charge in [0, 0.05) is 6.07 Å². The maximum atomic E-state index is 11.5. The largest absolute Gasteiger partial charge is 0.253 e. The minimum atomic E-state index is -0.394. The molecule has 2 nitrogen and oxygen atoms in total. The molecule has 1 aromatic heterocycles. The van der Waals surface area contributed by atoms with Crippen molar-refractivity contribution in [2.45, 2.75) is 13.8 Å². The van der Waals surface area contributed by atoms with Crippen molar-refractivity contribution in [3.05, 3.63) is 18.2 Å². The van der Waals surface area contributed by atoms with Gasteiger partial charge < -0.3 is 0 Å². The Balaban J connectivity index is 0.000000222. The molecule has 3 heteroatoms. The first-order valence-electron chi connectivity index (χ1n) is 2.54. The lowest BCUT2D eigenvalue weighted by molar-refractivity contribution is 0.579. The van der Waals surface area contributed by atoms with E-state index in [0.29, 0.717) is 0 Å². The standard InChI is InChI=1S/C3H3FN2.C2H6/c4-3-1-2-5-6-3;1-2/h1-2H,(H,5,6);1-2H3. The molecule has 0 spiro atoms. The first kappa shape index (κ1) is 7.14. The average molecular weight is 116 g/mol. The number of halogens is 1. The van der Waals surface area contributed by atoms with Crippen molar-refractivity contribution in [2.24, 2.45) is 0 Å². The smallest absolute Gasteiger partial charge is 0.208 e. The highest BCUT2D eigenvalue weighted by Crippen LogP contribution is 1.82. The summed E-state index contributed by atoms with van der Waals surface area (Å²) in [5.74, 6) is -0.394. The molecule has 0 aliphatic rings. The quantitative estimate of drug-likeness (QED) is 0.547. The highest BCUT2D eigenvalue weighted by Gasteiger charge is 1.79. The zero-order chi connectivity index (χ0) is 6.41. The van der Waals surface area contributed by atoms with E-state index in [1.807, 2.05) is 13.8 Å². The molecule has 46 valence electrons. The molecule has 0 aromatic carbocycles. The highest BCUT2D eigenvalue weighted by atomic mass is 19.1. The van der Waals surface area contributed by atoms with Gasteiger partial charge in [-0.1, -0.05) is 13.8 Å². The molecule has 8 heavy (non-hydrogen) atoms. The summed E-state index contributed by atoms with van der Waals surface area (Å²) in [5, 5.41) is 5.41. The van der Waals surface area contributed by atoms with E-state index in [1.54, 1.807) is 0 Å². The molecule has 0 unspecified atom stereocenters. The minimum Gasteiger partial charge on any atom is -0.253 e. The van der Waals surface area contributed by atoms with Gasteiger partial charge in [-0.25, -0.2) is 0 Å². The molecule has 0 saturated carbocycles. The van der Waals surface area contributed by atoms with Gasteiger partial charge in [-0.15, -0.1) is 0 Å². The fourth-order valence-electron chi connectivity index (χ4n) is 0.239. The number of hydrogen-bond donors (Lipinski definition) is 1.